The van der Waals surface area contributed by atoms with Crippen LogP contribution in [0.2, 0.25) is 0 Å². The first kappa shape index (κ1) is 7.42. The fourth-order valence-corrected chi connectivity index (χ4v) is 2.05. The average molecular weight is 146 g/mol. The second-order valence-electron chi connectivity index (χ2n) is 3.22. The Hall–Kier alpha value is 0.310. The van der Waals surface area contributed by atoms with E-state index >= 15 is 0 Å². The summed E-state index contributed by atoms with van der Waals surface area (Å²) >= 11 is 4.23. The van der Waals surface area contributed by atoms with E-state index in [1.54, 1.807) is 0 Å². The van der Waals surface area contributed by atoms with Crippen molar-refractivity contribution in [3.63, 3.8) is 0 Å². The van der Waals surface area contributed by atoms with E-state index in [0.29, 0.717) is 0 Å². The SMILES string of the molecule is C[N+]1(CCS)CCCC1. The Balaban J connectivity index is 2.32. The van der Waals surface area contributed by atoms with Crippen LogP contribution in [0.4, 0.5) is 0 Å². The molecule has 0 aromatic rings. The van der Waals surface area contributed by atoms with E-state index in [1.807, 2.05) is 0 Å². The van der Waals surface area contributed by atoms with Crippen LogP contribution in [0.1, 0.15) is 12.8 Å². The molecule has 0 aromatic carbocycles. The predicted molar refractivity (Wildman–Crippen MR) is 43.9 cm³/mol. The Morgan fingerprint density at radius 2 is 1.89 bits per heavy atom. The van der Waals surface area contributed by atoms with Crippen LogP contribution in [0, 0.1) is 0 Å². The van der Waals surface area contributed by atoms with Crippen molar-refractivity contribution in [3.8, 4) is 0 Å². The van der Waals surface area contributed by atoms with Crippen molar-refractivity contribution in [1.82, 2.24) is 0 Å². The zero-order valence-corrected chi connectivity index (χ0v) is 7.03. The van der Waals surface area contributed by atoms with Gasteiger partial charge in [0.1, 0.15) is 0 Å². The molecular formula is C7H16NS+. The molecule has 0 aromatic heterocycles. The van der Waals surface area contributed by atoms with Crippen molar-refractivity contribution >= 4 is 12.6 Å². The van der Waals surface area contributed by atoms with E-state index in [-0.39, 0.29) is 0 Å². The summed E-state index contributed by atoms with van der Waals surface area (Å²) in [6, 6.07) is 0. The third-order valence-electron chi connectivity index (χ3n) is 2.29. The first-order chi connectivity index (χ1) is 4.27. The van der Waals surface area contributed by atoms with E-state index in [2.05, 4.69) is 19.7 Å². The monoisotopic (exact) mass is 146 g/mol. The first-order valence-electron chi connectivity index (χ1n) is 3.71. The molecule has 0 unspecified atom stereocenters. The molecule has 1 nitrogen and oxygen atoms in total. The molecule has 0 aliphatic carbocycles. The second kappa shape index (κ2) is 2.93. The number of quaternary nitrogens is 1. The van der Waals surface area contributed by atoms with Gasteiger partial charge in [-0.05, 0) is 0 Å². The quantitative estimate of drug-likeness (QED) is 0.438. The summed E-state index contributed by atoms with van der Waals surface area (Å²) < 4.78 is 1.27. The lowest BCUT2D eigenvalue weighted by Gasteiger charge is -2.28. The molecule has 0 radical (unpaired) electrons. The van der Waals surface area contributed by atoms with E-state index in [0.717, 1.165) is 5.75 Å². The van der Waals surface area contributed by atoms with E-state index in [4.69, 9.17) is 0 Å². The van der Waals surface area contributed by atoms with Crippen LogP contribution in [0.15, 0.2) is 0 Å². The average Bonchev–Trinajstić information content (AvgIpc) is 2.16. The topological polar surface area (TPSA) is 0 Å². The predicted octanol–water partition coefficient (Wildman–Crippen LogP) is 1.16. The minimum atomic E-state index is 1.04. The molecular weight excluding hydrogens is 130 g/mol. The number of nitrogens with zero attached hydrogens (tertiary/aromatic N) is 1. The van der Waals surface area contributed by atoms with Gasteiger partial charge in [0.15, 0.2) is 0 Å². The van der Waals surface area contributed by atoms with Crippen molar-refractivity contribution in [1.29, 1.82) is 0 Å². The largest absolute Gasteiger partial charge is 0.325 e. The van der Waals surface area contributed by atoms with Crippen LogP contribution in [-0.4, -0.2) is 36.9 Å². The molecule has 1 heterocycles. The number of hydrogen-bond donors (Lipinski definition) is 1. The second-order valence-corrected chi connectivity index (χ2v) is 3.67. The van der Waals surface area contributed by atoms with Crippen molar-refractivity contribution in [2.45, 2.75) is 12.8 Å². The normalized spacial score (nSPS) is 24.7. The summed E-state index contributed by atoms with van der Waals surface area (Å²) in [6.45, 7) is 4.00. The van der Waals surface area contributed by atoms with Crippen LogP contribution >= 0.6 is 12.6 Å². The Kier molecular flexibility index (Phi) is 2.42. The van der Waals surface area contributed by atoms with Crippen LogP contribution in [0.3, 0.4) is 0 Å². The van der Waals surface area contributed by atoms with E-state index < -0.39 is 0 Å². The van der Waals surface area contributed by atoms with Gasteiger partial charge in [-0.1, -0.05) is 0 Å². The number of likely N-dealkylation sites (tertiary alicyclic amines) is 1. The molecule has 0 spiro atoms. The van der Waals surface area contributed by atoms with Gasteiger partial charge in [0.2, 0.25) is 0 Å². The molecule has 9 heavy (non-hydrogen) atoms. The molecule has 2 heteroatoms. The lowest BCUT2D eigenvalue weighted by molar-refractivity contribution is -0.895. The summed E-state index contributed by atoms with van der Waals surface area (Å²) in [7, 11) is 2.34. The maximum Gasteiger partial charge on any atom is 0.0874 e. The Morgan fingerprint density at radius 3 is 2.33 bits per heavy atom. The summed E-state index contributed by atoms with van der Waals surface area (Å²) in [5, 5.41) is 0. The van der Waals surface area contributed by atoms with Gasteiger partial charge in [-0.2, -0.15) is 12.6 Å². The van der Waals surface area contributed by atoms with Gasteiger partial charge in [0.25, 0.3) is 0 Å². The van der Waals surface area contributed by atoms with Gasteiger partial charge in [0, 0.05) is 18.6 Å². The third-order valence-corrected chi connectivity index (χ3v) is 2.49. The summed E-state index contributed by atoms with van der Waals surface area (Å²) in [5.74, 6) is 1.04. The van der Waals surface area contributed by atoms with Crippen LogP contribution < -0.4 is 0 Å². The smallest absolute Gasteiger partial charge is 0.0874 e. The summed E-state index contributed by atoms with van der Waals surface area (Å²) in [4.78, 5) is 0. The van der Waals surface area contributed by atoms with E-state index in [1.165, 1.54) is 37.0 Å². The highest BCUT2D eigenvalue weighted by molar-refractivity contribution is 7.80. The van der Waals surface area contributed by atoms with Crippen molar-refractivity contribution in [3.05, 3.63) is 0 Å². The van der Waals surface area contributed by atoms with Crippen LogP contribution in [0.25, 0.3) is 0 Å². The zero-order valence-electron chi connectivity index (χ0n) is 6.14. The maximum atomic E-state index is 4.23. The summed E-state index contributed by atoms with van der Waals surface area (Å²) in [5.41, 5.74) is 0. The van der Waals surface area contributed by atoms with Gasteiger partial charge in [-0.3, -0.25) is 0 Å². The molecule has 54 valence electrons. The standard InChI is InChI=1S/C7H15NS/c1-8(6-7-9)4-2-3-5-8/h2-7H2,1H3/p+1. The fraction of sp³-hybridized carbons (Fsp3) is 1.00. The van der Waals surface area contributed by atoms with E-state index in [9.17, 15) is 0 Å². The number of thiol groups is 1. The van der Waals surface area contributed by atoms with Gasteiger partial charge in [-0.15, -0.1) is 0 Å². The first-order valence-corrected chi connectivity index (χ1v) is 4.34. The van der Waals surface area contributed by atoms with Gasteiger partial charge < -0.3 is 4.48 Å². The van der Waals surface area contributed by atoms with Gasteiger partial charge >= 0.3 is 0 Å². The fourth-order valence-electron chi connectivity index (χ4n) is 1.56. The third kappa shape index (κ3) is 1.87. The highest BCUT2D eigenvalue weighted by atomic mass is 32.1. The Morgan fingerprint density at radius 1 is 1.33 bits per heavy atom. The molecule has 1 rings (SSSR count). The van der Waals surface area contributed by atoms with Crippen molar-refractivity contribution in [2.24, 2.45) is 0 Å². The highest BCUT2D eigenvalue weighted by Crippen LogP contribution is 2.15. The molecule has 1 fully saturated rings. The molecule has 1 aliphatic heterocycles. The maximum absolute atomic E-state index is 4.23. The molecule has 0 atom stereocenters. The number of hydrogen-bond acceptors (Lipinski definition) is 1. The lowest BCUT2D eigenvalue weighted by Crippen LogP contribution is -2.42. The minimum Gasteiger partial charge on any atom is -0.325 e. The van der Waals surface area contributed by atoms with Crippen LogP contribution in [0.5, 0.6) is 0 Å². The van der Waals surface area contributed by atoms with Crippen LogP contribution in [-0.2, 0) is 0 Å². The summed E-state index contributed by atoms with van der Waals surface area (Å²) in [6.07, 6.45) is 2.84. The zero-order chi connectivity index (χ0) is 6.74. The molecule has 1 saturated heterocycles. The van der Waals surface area contributed by atoms with Crippen molar-refractivity contribution < 1.29 is 4.48 Å². The molecule has 0 N–H and O–H groups in total. The molecule has 1 aliphatic rings. The van der Waals surface area contributed by atoms with Crippen molar-refractivity contribution in [2.75, 3.05) is 32.4 Å². The van der Waals surface area contributed by atoms with Gasteiger partial charge in [-0.25, -0.2) is 0 Å². The van der Waals surface area contributed by atoms with Gasteiger partial charge in [0.05, 0.1) is 26.7 Å². The Labute approximate surface area is 63.0 Å². The molecule has 0 amide bonds. The molecule has 0 bridgehead atoms. The minimum absolute atomic E-state index is 1.04. The highest BCUT2D eigenvalue weighted by Gasteiger charge is 2.24. The lowest BCUT2D eigenvalue weighted by atomic mass is 10.4. The number of rotatable bonds is 2. The molecule has 0 saturated carbocycles. The Bertz CT molecular complexity index is 86.9.